The summed E-state index contributed by atoms with van der Waals surface area (Å²) in [5.74, 6) is 0.0246. The lowest BCUT2D eigenvalue weighted by Crippen LogP contribution is -2.28. The van der Waals surface area contributed by atoms with Crippen molar-refractivity contribution >= 4 is 34.8 Å². The van der Waals surface area contributed by atoms with Crippen LogP contribution in [0.3, 0.4) is 0 Å². The van der Waals surface area contributed by atoms with Crippen LogP contribution in [0.1, 0.15) is 35.4 Å². The fourth-order valence-electron chi connectivity index (χ4n) is 2.71. The smallest absolute Gasteiger partial charge is 0.308 e. The quantitative estimate of drug-likeness (QED) is 0.757. The highest BCUT2D eigenvalue weighted by atomic mass is 35.5. The van der Waals surface area contributed by atoms with E-state index < -0.39 is 12.0 Å². The van der Waals surface area contributed by atoms with Crippen LogP contribution in [0, 0.1) is 0 Å². The first kappa shape index (κ1) is 18.7. The number of nitrogens with one attached hydrogen (secondary N) is 1. The van der Waals surface area contributed by atoms with E-state index in [1.54, 1.807) is 12.1 Å². The van der Waals surface area contributed by atoms with Crippen LogP contribution >= 0.6 is 22.9 Å². The standard InChI is InChI=1S/C18H18ClNO5S/c1-11(21)20-15(16-3-2-4-26-16)7-17(22)24-9-13-6-14(19)5-12-8-23-10-25-18(12)13/h2-6,15H,7-10H2,1H3,(H,20,21)/t15-/m0/s1. The van der Waals surface area contributed by atoms with Crippen LogP contribution < -0.4 is 10.1 Å². The van der Waals surface area contributed by atoms with Gasteiger partial charge in [-0.15, -0.1) is 11.3 Å². The summed E-state index contributed by atoms with van der Waals surface area (Å²) >= 11 is 7.58. The van der Waals surface area contributed by atoms with Crippen LogP contribution in [-0.4, -0.2) is 18.7 Å². The van der Waals surface area contributed by atoms with E-state index >= 15 is 0 Å². The number of amides is 1. The number of thiophene rings is 1. The van der Waals surface area contributed by atoms with Gasteiger partial charge in [0.2, 0.25) is 5.91 Å². The minimum Gasteiger partial charge on any atom is -0.467 e. The van der Waals surface area contributed by atoms with Gasteiger partial charge in [0.15, 0.2) is 6.79 Å². The van der Waals surface area contributed by atoms with Gasteiger partial charge in [0.1, 0.15) is 12.4 Å². The van der Waals surface area contributed by atoms with E-state index in [1.165, 1.54) is 18.3 Å². The summed E-state index contributed by atoms with van der Waals surface area (Å²) < 4.78 is 16.1. The highest BCUT2D eigenvalue weighted by Crippen LogP contribution is 2.32. The van der Waals surface area contributed by atoms with Gasteiger partial charge in [-0.2, -0.15) is 0 Å². The lowest BCUT2D eigenvalue weighted by Gasteiger charge is -2.21. The van der Waals surface area contributed by atoms with E-state index in [9.17, 15) is 9.59 Å². The lowest BCUT2D eigenvalue weighted by molar-refractivity contribution is -0.145. The molecule has 1 aliphatic heterocycles. The first-order valence-corrected chi connectivity index (χ1v) is 9.26. The summed E-state index contributed by atoms with van der Waals surface area (Å²) in [7, 11) is 0. The molecule has 26 heavy (non-hydrogen) atoms. The normalized spacial score (nSPS) is 14.1. The zero-order valence-corrected chi connectivity index (χ0v) is 15.7. The minimum absolute atomic E-state index is 0.0406. The number of hydrogen-bond acceptors (Lipinski definition) is 6. The second-order valence-electron chi connectivity index (χ2n) is 5.80. The van der Waals surface area contributed by atoms with Gasteiger partial charge in [-0.05, 0) is 23.6 Å². The van der Waals surface area contributed by atoms with E-state index in [0.717, 1.165) is 10.4 Å². The molecule has 3 rings (SSSR count). The van der Waals surface area contributed by atoms with Crippen LogP contribution in [0.15, 0.2) is 29.6 Å². The predicted molar refractivity (Wildman–Crippen MR) is 97.0 cm³/mol. The number of benzene rings is 1. The molecule has 0 radical (unpaired) electrons. The number of rotatable bonds is 6. The Morgan fingerprint density at radius 1 is 1.42 bits per heavy atom. The van der Waals surface area contributed by atoms with Gasteiger partial charge < -0.3 is 19.5 Å². The maximum Gasteiger partial charge on any atom is 0.308 e. The third-order valence-corrected chi connectivity index (χ3v) is 4.98. The van der Waals surface area contributed by atoms with Crippen LogP contribution in [-0.2, 0) is 32.3 Å². The molecule has 0 bridgehead atoms. The lowest BCUT2D eigenvalue weighted by atomic mass is 10.1. The Kier molecular flexibility index (Phi) is 6.13. The van der Waals surface area contributed by atoms with Crippen molar-refractivity contribution in [2.75, 3.05) is 6.79 Å². The molecule has 0 saturated carbocycles. The SMILES string of the molecule is CC(=O)N[C@@H](CC(=O)OCc1cc(Cl)cc2c1OCOC2)c1cccs1. The Balaban J connectivity index is 1.65. The number of carbonyl (C=O) groups excluding carboxylic acids is 2. The number of ether oxygens (including phenoxy) is 3. The Hall–Kier alpha value is -2.09. The number of esters is 1. The average molecular weight is 396 g/mol. The van der Waals surface area contributed by atoms with E-state index in [2.05, 4.69) is 5.32 Å². The second-order valence-corrected chi connectivity index (χ2v) is 7.21. The molecule has 0 unspecified atom stereocenters. The van der Waals surface area contributed by atoms with Gasteiger partial charge in [-0.1, -0.05) is 17.7 Å². The molecule has 1 amide bonds. The van der Waals surface area contributed by atoms with Crippen LogP contribution in [0.25, 0.3) is 0 Å². The summed E-state index contributed by atoms with van der Waals surface area (Å²) in [4.78, 5) is 24.6. The topological polar surface area (TPSA) is 73.9 Å². The van der Waals surface area contributed by atoms with Gasteiger partial charge >= 0.3 is 5.97 Å². The molecule has 0 aliphatic carbocycles. The maximum absolute atomic E-state index is 12.3. The van der Waals surface area contributed by atoms with E-state index in [4.69, 9.17) is 25.8 Å². The maximum atomic E-state index is 12.3. The molecule has 0 spiro atoms. The Morgan fingerprint density at radius 2 is 2.27 bits per heavy atom. The summed E-state index contributed by atoms with van der Waals surface area (Å²) in [5, 5.41) is 5.20. The molecule has 0 saturated heterocycles. The first-order valence-electron chi connectivity index (χ1n) is 8.01. The number of hydrogen-bond donors (Lipinski definition) is 1. The molecule has 0 fully saturated rings. The van der Waals surface area contributed by atoms with Gasteiger partial charge in [-0.3, -0.25) is 9.59 Å². The molecule has 1 atom stereocenters. The van der Waals surface area contributed by atoms with Crippen molar-refractivity contribution in [2.45, 2.75) is 32.6 Å². The van der Waals surface area contributed by atoms with Crippen LogP contribution in [0.4, 0.5) is 0 Å². The molecular weight excluding hydrogens is 378 g/mol. The van der Waals surface area contributed by atoms with Crippen molar-refractivity contribution in [3.05, 3.63) is 50.7 Å². The Labute approximate surface area is 160 Å². The van der Waals surface area contributed by atoms with Crippen molar-refractivity contribution in [2.24, 2.45) is 0 Å². The minimum atomic E-state index is -0.419. The molecule has 1 aromatic heterocycles. The number of carbonyl (C=O) groups is 2. The second kappa shape index (κ2) is 8.53. The third kappa shape index (κ3) is 4.75. The zero-order chi connectivity index (χ0) is 18.5. The molecule has 8 heteroatoms. The fraction of sp³-hybridized carbons (Fsp3) is 0.333. The van der Waals surface area contributed by atoms with E-state index in [1.807, 2.05) is 17.5 Å². The summed E-state index contributed by atoms with van der Waals surface area (Å²) in [6, 6.07) is 6.82. The molecule has 1 aliphatic rings. The van der Waals surface area contributed by atoms with Crippen molar-refractivity contribution in [1.82, 2.24) is 5.32 Å². The van der Waals surface area contributed by atoms with Crippen LogP contribution in [0.5, 0.6) is 5.75 Å². The van der Waals surface area contributed by atoms with Gasteiger partial charge in [0.25, 0.3) is 0 Å². The average Bonchev–Trinajstić information content (AvgIpc) is 3.13. The van der Waals surface area contributed by atoms with E-state index in [-0.39, 0.29) is 25.7 Å². The molecule has 2 heterocycles. The summed E-state index contributed by atoms with van der Waals surface area (Å²) in [6.45, 7) is 2.01. The predicted octanol–water partition coefficient (Wildman–Crippen LogP) is 3.58. The van der Waals surface area contributed by atoms with Crippen molar-refractivity contribution in [3.8, 4) is 5.75 Å². The van der Waals surface area contributed by atoms with Gasteiger partial charge in [-0.25, -0.2) is 0 Å². The van der Waals surface area contributed by atoms with Gasteiger partial charge in [0, 0.05) is 28.0 Å². The molecule has 1 aromatic carbocycles. The zero-order valence-electron chi connectivity index (χ0n) is 14.1. The highest BCUT2D eigenvalue weighted by Gasteiger charge is 2.21. The summed E-state index contributed by atoms with van der Waals surface area (Å²) in [6.07, 6.45) is 0.0484. The van der Waals surface area contributed by atoms with E-state index in [0.29, 0.717) is 22.9 Å². The first-order chi connectivity index (χ1) is 12.5. The monoisotopic (exact) mass is 395 g/mol. The Bertz CT molecular complexity index is 793. The fourth-order valence-corrected chi connectivity index (χ4v) is 3.75. The van der Waals surface area contributed by atoms with Crippen molar-refractivity contribution in [3.63, 3.8) is 0 Å². The molecule has 1 N–H and O–H groups in total. The highest BCUT2D eigenvalue weighted by molar-refractivity contribution is 7.10. The van der Waals surface area contributed by atoms with Gasteiger partial charge in [0.05, 0.1) is 19.1 Å². The van der Waals surface area contributed by atoms with Crippen molar-refractivity contribution in [1.29, 1.82) is 0 Å². The molecule has 2 aromatic rings. The largest absolute Gasteiger partial charge is 0.467 e. The molecular formula is C18H18ClNO5S. The molecule has 138 valence electrons. The number of halogens is 1. The number of fused-ring (bicyclic) bond motifs is 1. The third-order valence-electron chi connectivity index (χ3n) is 3.78. The van der Waals surface area contributed by atoms with Crippen molar-refractivity contribution < 1.29 is 23.8 Å². The molecule has 6 nitrogen and oxygen atoms in total. The Morgan fingerprint density at radius 3 is 3.00 bits per heavy atom. The van der Waals surface area contributed by atoms with Crippen LogP contribution in [0.2, 0.25) is 5.02 Å². The summed E-state index contributed by atoms with van der Waals surface area (Å²) in [5.41, 5.74) is 1.51.